The quantitative estimate of drug-likeness (QED) is 0.404. The van der Waals surface area contributed by atoms with E-state index in [2.05, 4.69) is 89.5 Å². The first-order valence-electron chi connectivity index (χ1n) is 15.3. The molecule has 4 aliphatic rings. The number of benzene rings is 1. The van der Waals surface area contributed by atoms with Crippen LogP contribution in [-0.2, 0) is 0 Å². The predicted molar refractivity (Wildman–Crippen MR) is 165 cm³/mol. The zero-order valence-corrected chi connectivity index (χ0v) is 25.7. The number of aliphatic hydroxyl groups excluding tert-OH is 1. The summed E-state index contributed by atoms with van der Waals surface area (Å²) >= 11 is 0. The Morgan fingerprint density at radius 2 is 1.71 bits per heavy atom. The largest absolute Gasteiger partial charge is 0.393 e. The van der Waals surface area contributed by atoms with E-state index in [0.717, 1.165) is 43.4 Å². The van der Waals surface area contributed by atoms with Crippen molar-refractivity contribution in [2.75, 3.05) is 19.0 Å². The molecule has 0 amide bonds. The molecule has 0 saturated heterocycles. The second-order valence-electron chi connectivity index (χ2n) is 13.2. The lowest BCUT2D eigenvalue weighted by atomic mass is 9.48. The van der Waals surface area contributed by atoms with Crippen LogP contribution in [0.25, 0.3) is 0 Å². The second kappa shape index (κ2) is 12.5. The normalized spacial score (nSPS) is 33.6. The number of fused-ring (bicyclic) bond motifs is 5. The van der Waals surface area contributed by atoms with Crippen molar-refractivity contribution in [2.45, 2.75) is 105 Å². The van der Waals surface area contributed by atoms with E-state index in [4.69, 9.17) is 6.42 Å². The monoisotopic (exact) mass is 517 g/mol. The first-order chi connectivity index (χ1) is 18.0. The summed E-state index contributed by atoms with van der Waals surface area (Å²) in [5, 5.41) is 11.0. The molecule has 3 saturated carbocycles. The molecular weight excluding hydrogens is 462 g/mol. The highest BCUT2D eigenvalue weighted by Gasteiger charge is 2.59. The maximum absolute atomic E-state index is 11.0. The zero-order valence-electron chi connectivity index (χ0n) is 25.7. The maximum atomic E-state index is 11.0. The van der Waals surface area contributed by atoms with Crippen molar-refractivity contribution < 1.29 is 5.11 Å². The van der Waals surface area contributed by atoms with Gasteiger partial charge in [0, 0.05) is 25.2 Å². The van der Waals surface area contributed by atoms with Gasteiger partial charge in [0.1, 0.15) is 0 Å². The fraction of sp³-hybridized carbons (Fsp3) is 0.667. The zero-order chi connectivity index (χ0) is 28.3. The third-order valence-electron chi connectivity index (χ3n) is 10.5. The third-order valence-corrected chi connectivity index (χ3v) is 10.5. The van der Waals surface area contributed by atoms with Gasteiger partial charge >= 0.3 is 0 Å². The van der Waals surface area contributed by atoms with Crippen LogP contribution in [0.4, 0.5) is 5.69 Å². The molecule has 0 aliphatic heterocycles. The highest BCUT2D eigenvalue weighted by Crippen LogP contribution is 2.65. The molecule has 5 rings (SSSR count). The van der Waals surface area contributed by atoms with Crippen molar-refractivity contribution in [3.63, 3.8) is 0 Å². The minimum Gasteiger partial charge on any atom is -0.393 e. The Hall–Kier alpha value is -1.98. The van der Waals surface area contributed by atoms with Gasteiger partial charge in [-0.3, -0.25) is 0 Å². The molecule has 3 fully saturated rings. The van der Waals surface area contributed by atoms with Gasteiger partial charge in [-0.05, 0) is 118 Å². The second-order valence-corrected chi connectivity index (χ2v) is 13.2. The molecule has 0 radical (unpaired) electrons. The Kier molecular flexibility index (Phi) is 10.0. The van der Waals surface area contributed by atoms with Crippen LogP contribution >= 0.6 is 0 Å². The van der Waals surface area contributed by atoms with Crippen LogP contribution in [0.5, 0.6) is 0 Å². The summed E-state index contributed by atoms with van der Waals surface area (Å²) in [6, 6.07) is 9.32. The fourth-order valence-corrected chi connectivity index (χ4v) is 7.84. The molecular formula is C36H55NO. The highest BCUT2D eigenvalue weighted by atomic mass is 16.3. The number of anilines is 1. The molecule has 0 aromatic heterocycles. The Balaban J connectivity index is 0.000000389. The Bertz CT molecular complexity index is 1010. The lowest BCUT2D eigenvalue weighted by Crippen LogP contribution is -2.50. The van der Waals surface area contributed by atoms with Crippen molar-refractivity contribution in [3.05, 3.63) is 53.6 Å². The van der Waals surface area contributed by atoms with Crippen molar-refractivity contribution in [1.82, 2.24) is 0 Å². The van der Waals surface area contributed by atoms with E-state index >= 15 is 0 Å². The number of rotatable bonds is 3. The van der Waals surface area contributed by atoms with Crippen LogP contribution in [0.15, 0.2) is 48.1 Å². The number of hydrogen-bond acceptors (Lipinski definition) is 2. The van der Waals surface area contributed by atoms with E-state index in [1.54, 1.807) is 5.57 Å². The molecule has 0 bridgehead atoms. The highest BCUT2D eigenvalue weighted by molar-refractivity contribution is 5.47. The van der Waals surface area contributed by atoms with E-state index in [9.17, 15) is 5.11 Å². The summed E-state index contributed by atoms with van der Waals surface area (Å²) in [7, 11) is 4.22. The molecule has 7 unspecified atom stereocenters. The van der Waals surface area contributed by atoms with Gasteiger partial charge in [-0.15, -0.1) is 12.3 Å². The fourth-order valence-electron chi connectivity index (χ4n) is 7.84. The van der Waals surface area contributed by atoms with Gasteiger partial charge in [0.2, 0.25) is 0 Å². The van der Waals surface area contributed by atoms with E-state index in [-0.39, 0.29) is 16.9 Å². The topological polar surface area (TPSA) is 23.5 Å². The van der Waals surface area contributed by atoms with E-state index < -0.39 is 0 Å². The summed E-state index contributed by atoms with van der Waals surface area (Å²) < 4.78 is 0. The van der Waals surface area contributed by atoms with Gasteiger partial charge < -0.3 is 10.0 Å². The van der Waals surface area contributed by atoms with E-state index in [1.165, 1.54) is 42.5 Å². The van der Waals surface area contributed by atoms with Gasteiger partial charge in [0.05, 0.1) is 6.10 Å². The Morgan fingerprint density at radius 1 is 1.05 bits per heavy atom. The molecule has 1 N–H and O–H groups in total. The van der Waals surface area contributed by atoms with Gasteiger partial charge in [0.15, 0.2) is 0 Å². The first-order valence-corrected chi connectivity index (χ1v) is 15.3. The van der Waals surface area contributed by atoms with Crippen LogP contribution in [0.2, 0.25) is 0 Å². The van der Waals surface area contributed by atoms with E-state index in [0.29, 0.717) is 11.8 Å². The van der Waals surface area contributed by atoms with Crippen LogP contribution in [0.1, 0.15) is 104 Å². The summed E-state index contributed by atoms with van der Waals surface area (Å²) in [5.41, 5.74) is 5.98. The number of hydrogen-bond donors (Lipinski definition) is 1. The van der Waals surface area contributed by atoms with Gasteiger partial charge in [0.25, 0.3) is 0 Å². The molecule has 1 aromatic rings. The molecule has 2 nitrogen and oxygen atoms in total. The summed E-state index contributed by atoms with van der Waals surface area (Å²) in [4.78, 5) is 2.18. The number of allylic oxidation sites excluding steroid dienone is 3. The summed E-state index contributed by atoms with van der Waals surface area (Å²) in [6.07, 6.45) is 16.9. The maximum Gasteiger partial charge on any atom is 0.0596 e. The van der Waals surface area contributed by atoms with Crippen molar-refractivity contribution in [3.8, 4) is 12.3 Å². The predicted octanol–water partition coefficient (Wildman–Crippen LogP) is 9.02. The average molecular weight is 518 g/mol. The molecule has 4 aliphatic carbocycles. The smallest absolute Gasteiger partial charge is 0.0596 e. The minimum absolute atomic E-state index is 0.0888. The first kappa shape index (κ1) is 30.6. The van der Waals surface area contributed by atoms with Crippen molar-refractivity contribution in [2.24, 2.45) is 34.5 Å². The number of aliphatic hydroxyl groups is 1. The van der Waals surface area contributed by atoms with Crippen molar-refractivity contribution in [1.29, 1.82) is 0 Å². The molecule has 210 valence electrons. The SMILES string of the molecule is C#CC(C)(C)CC.C=C1C=C2CCC3C(C2CC1)C(c1ccc(N(C)C)cc1)CC1(C)C(O)CCC31.CC. The molecule has 7 atom stereocenters. The molecule has 0 spiro atoms. The summed E-state index contributed by atoms with van der Waals surface area (Å²) in [6.45, 7) is 16.9. The van der Waals surface area contributed by atoms with Crippen LogP contribution < -0.4 is 4.90 Å². The van der Waals surface area contributed by atoms with Crippen molar-refractivity contribution >= 4 is 5.69 Å². The average Bonchev–Trinajstić information content (AvgIpc) is 3.23. The molecule has 1 aromatic carbocycles. The van der Waals surface area contributed by atoms with Gasteiger partial charge in [-0.1, -0.05) is 63.6 Å². The summed E-state index contributed by atoms with van der Waals surface area (Å²) in [5.74, 6) is 6.17. The van der Waals surface area contributed by atoms with Crippen LogP contribution in [0.3, 0.4) is 0 Å². The Labute approximate surface area is 235 Å². The standard InChI is InChI=1S/C27H37NO.C7H12.C2H6/c1-17-5-11-21-19(15-17)8-12-22-24-13-14-25(29)27(24,2)16-23(26(21)22)18-6-9-20(10-7-18)28(3)4;1-5-7(3,4)6-2;1-2/h6-7,9-10,15,21-26,29H,1,5,8,11-14,16H2,2-4H3;1H,6H2,2-4H3;1-2H3. The lowest BCUT2D eigenvalue weighted by Gasteiger charge is -2.57. The third kappa shape index (κ3) is 6.09. The van der Waals surface area contributed by atoms with Gasteiger partial charge in [-0.2, -0.15) is 0 Å². The van der Waals surface area contributed by atoms with E-state index in [1.807, 2.05) is 13.8 Å². The molecule has 38 heavy (non-hydrogen) atoms. The number of nitrogens with zero attached hydrogens (tertiary/aromatic N) is 1. The Morgan fingerprint density at radius 3 is 2.26 bits per heavy atom. The number of terminal acetylenes is 1. The lowest BCUT2D eigenvalue weighted by molar-refractivity contribution is -0.0654. The van der Waals surface area contributed by atoms with Crippen LogP contribution in [-0.4, -0.2) is 25.3 Å². The van der Waals surface area contributed by atoms with Gasteiger partial charge in [-0.25, -0.2) is 0 Å². The molecule has 0 heterocycles. The minimum atomic E-state index is -0.125. The van der Waals surface area contributed by atoms with Crippen LogP contribution in [0, 0.1) is 46.8 Å². The molecule has 2 heteroatoms.